The van der Waals surface area contributed by atoms with Crippen molar-refractivity contribution in [3.05, 3.63) is 72.8 Å². The minimum Gasteiger partial charge on any atom is -0.326 e. The van der Waals surface area contributed by atoms with Crippen LogP contribution in [0.4, 0.5) is 11.4 Å². The number of carbonyl (C=O) groups is 2. The smallest absolute Gasteiger partial charge is 0.242 e. The Kier molecular flexibility index (Phi) is 5.62. The quantitative estimate of drug-likeness (QED) is 0.664. The number of fused-ring (bicyclic) bond motifs is 1. The number of para-hydroxylation sites is 1. The Balaban J connectivity index is 1.55. The Labute approximate surface area is 173 Å². The molecule has 1 aliphatic rings. The molecule has 0 aliphatic carbocycles. The Morgan fingerprint density at radius 1 is 1.03 bits per heavy atom. The Hall–Kier alpha value is -3.12. The molecule has 6 heteroatoms. The number of amidine groups is 1. The van der Waals surface area contributed by atoms with Crippen LogP contribution in [-0.4, -0.2) is 33.7 Å². The third-order valence-corrected chi connectivity index (χ3v) is 5.92. The summed E-state index contributed by atoms with van der Waals surface area (Å²) in [5, 5.41) is 5.17. The molecule has 1 heterocycles. The number of anilines is 1. The molecule has 5 nitrogen and oxygen atoms in total. The van der Waals surface area contributed by atoms with Gasteiger partial charge in [-0.15, -0.1) is 0 Å². The lowest BCUT2D eigenvalue weighted by Gasteiger charge is -2.13. The van der Waals surface area contributed by atoms with E-state index in [4.69, 9.17) is 4.99 Å². The molecule has 4 rings (SSSR count). The molecule has 1 unspecified atom stereocenters. The van der Waals surface area contributed by atoms with Gasteiger partial charge in [-0.25, -0.2) is 4.99 Å². The lowest BCUT2D eigenvalue weighted by molar-refractivity contribution is -0.128. The first-order chi connectivity index (χ1) is 14.2. The molecule has 3 aromatic rings. The Morgan fingerprint density at radius 3 is 2.55 bits per heavy atom. The summed E-state index contributed by atoms with van der Waals surface area (Å²) in [7, 11) is 0. The molecule has 1 fully saturated rings. The molecule has 1 N–H and O–H groups in total. The van der Waals surface area contributed by atoms with Crippen molar-refractivity contribution in [2.75, 3.05) is 11.9 Å². The van der Waals surface area contributed by atoms with Gasteiger partial charge in [-0.3, -0.25) is 14.5 Å². The number of thioether (sulfide) groups is 1. The van der Waals surface area contributed by atoms with Crippen molar-refractivity contribution in [3.8, 4) is 0 Å². The number of hydrogen-bond donors (Lipinski definition) is 1. The first kappa shape index (κ1) is 19.2. The Morgan fingerprint density at radius 2 is 1.76 bits per heavy atom. The highest BCUT2D eigenvalue weighted by Gasteiger charge is 2.38. The maximum atomic E-state index is 12.8. The van der Waals surface area contributed by atoms with Crippen molar-refractivity contribution < 1.29 is 9.59 Å². The lowest BCUT2D eigenvalue weighted by atomic mass is 10.1. The summed E-state index contributed by atoms with van der Waals surface area (Å²) in [6.07, 6.45) is 0.115. The third-order valence-electron chi connectivity index (χ3n) is 4.75. The second-order valence-corrected chi connectivity index (χ2v) is 7.87. The molecule has 146 valence electrons. The SMILES string of the molecule is CCN1C(=O)C(CC(=O)Nc2ccccc2)SC1=Nc1cccc2ccccc12. The lowest BCUT2D eigenvalue weighted by Crippen LogP contribution is -2.33. The maximum absolute atomic E-state index is 12.8. The van der Waals surface area contributed by atoms with E-state index < -0.39 is 5.25 Å². The van der Waals surface area contributed by atoms with Crippen LogP contribution in [0.2, 0.25) is 0 Å². The number of benzene rings is 3. The van der Waals surface area contributed by atoms with E-state index in [0.29, 0.717) is 11.7 Å². The van der Waals surface area contributed by atoms with E-state index in [1.54, 1.807) is 4.90 Å². The van der Waals surface area contributed by atoms with Crippen molar-refractivity contribution in [1.82, 2.24) is 4.90 Å². The van der Waals surface area contributed by atoms with E-state index in [-0.39, 0.29) is 18.2 Å². The average molecular weight is 404 g/mol. The normalized spacial score (nSPS) is 17.8. The van der Waals surface area contributed by atoms with Gasteiger partial charge in [-0.1, -0.05) is 66.4 Å². The van der Waals surface area contributed by atoms with Crippen molar-refractivity contribution in [2.45, 2.75) is 18.6 Å². The summed E-state index contributed by atoms with van der Waals surface area (Å²) in [5.74, 6) is -0.246. The molecule has 0 saturated carbocycles. The van der Waals surface area contributed by atoms with Gasteiger partial charge in [0.15, 0.2) is 5.17 Å². The molecule has 0 radical (unpaired) electrons. The van der Waals surface area contributed by atoms with Crippen LogP contribution in [0.1, 0.15) is 13.3 Å². The van der Waals surface area contributed by atoms with Gasteiger partial charge in [0.1, 0.15) is 5.25 Å². The zero-order valence-corrected chi connectivity index (χ0v) is 16.9. The van der Waals surface area contributed by atoms with Crippen LogP contribution in [0.15, 0.2) is 77.8 Å². The van der Waals surface area contributed by atoms with Crippen molar-refractivity contribution in [3.63, 3.8) is 0 Å². The van der Waals surface area contributed by atoms with Crippen molar-refractivity contribution >= 4 is 50.9 Å². The third kappa shape index (κ3) is 4.17. The first-order valence-corrected chi connectivity index (χ1v) is 10.4. The summed E-state index contributed by atoms with van der Waals surface area (Å²) in [4.78, 5) is 31.7. The molecule has 29 heavy (non-hydrogen) atoms. The topological polar surface area (TPSA) is 61.8 Å². The average Bonchev–Trinajstić information content (AvgIpc) is 3.03. The minimum absolute atomic E-state index is 0.0697. The predicted molar refractivity (Wildman–Crippen MR) is 119 cm³/mol. The molecule has 1 atom stereocenters. The van der Waals surface area contributed by atoms with E-state index in [9.17, 15) is 9.59 Å². The molecular weight excluding hydrogens is 382 g/mol. The number of aliphatic imine (C=N–C) groups is 1. The van der Waals surface area contributed by atoms with Crippen LogP contribution in [0.5, 0.6) is 0 Å². The summed E-state index contributed by atoms with van der Waals surface area (Å²) in [6.45, 7) is 2.44. The summed E-state index contributed by atoms with van der Waals surface area (Å²) in [6, 6.07) is 23.3. The van der Waals surface area contributed by atoms with Crippen LogP contribution >= 0.6 is 11.8 Å². The van der Waals surface area contributed by atoms with Gasteiger partial charge in [0.05, 0.1) is 5.69 Å². The molecule has 1 aliphatic heterocycles. The second kappa shape index (κ2) is 8.49. The number of nitrogens with one attached hydrogen (secondary N) is 1. The monoisotopic (exact) mass is 403 g/mol. The van der Waals surface area contributed by atoms with Crippen LogP contribution in [0.25, 0.3) is 10.8 Å². The van der Waals surface area contributed by atoms with Crippen molar-refractivity contribution in [2.24, 2.45) is 4.99 Å². The van der Waals surface area contributed by atoms with Crippen LogP contribution in [0.3, 0.4) is 0 Å². The molecular formula is C23H21N3O2S. The number of rotatable bonds is 5. The van der Waals surface area contributed by atoms with Gasteiger partial charge in [-0.05, 0) is 30.5 Å². The summed E-state index contributed by atoms with van der Waals surface area (Å²) >= 11 is 1.36. The maximum Gasteiger partial charge on any atom is 0.242 e. The molecule has 2 amide bonds. The van der Waals surface area contributed by atoms with Crippen molar-refractivity contribution in [1.29, 1.82) is 0 Å². The van der Waals surface area contributed by atoms with E-state index in [0.717, 1.165) is 22.1 Å². The zero-order valence-electron chi connectivity index (χ0n) is 16.0. The van der Waals surface area contributed by atoms with Crippen LogP contribution in [0, 0.1) is 0 Å². The second-order valence-electron chi connectivity index (χ2n) is 6.70. The number of amides is 2. The highest BCUT2D eigenvalue weighted by atomic mass is 32.2. The fourth-order valence-electron chi connectivity index (χ4n) is 3.33. The molecule has 0 bridgehead atoms. The summed E-state index contributed by atoms with van der Waals surface area (Å²) < 4.78 is 0. The van der Waals surface area contributed by atoms with Crippen LogP contribution in [-0.2, 0) is 9.59 Å². The molecule has 0 aromatic heterocycles. The fraction of sp³-hybridized carbons (Fsp3) is 0.174. The van der Waals surface area contributed by atoms with Gasteiger partial charge in [-0.2, -0.15) is 0 Å². The minimum atomic E-state index is -0.465. The van der Waals surface area contributed by atoms with E-state index in [1.165, 1.54) is 11.8 Å². The summed E-state index contributed by atoms with van der Waals surface area (Å²) in [5.41, 5.74) is 1.55. The number of hydrogen-bond acceptors (Lipinski definition) is 4. The fourth-order valence-corrected chi connectivity index (χ4v) is 4.54. The van der Waals surface area contributed by atoms with Gasteiger partial charge in [0.25, 0.3) is 0 Å². The molecule has 3 aromatic carbocycles. The highest BCUT2D eigenvalue weighted by Crippen LogP contribution is 2.34. The Bertz CT molecular complexity index is 1080. The van der Waals surface area contributed by atoms with Crippen LogP contribution < -0.4 is 5.32 Å². The number of carbonyl (C=O) groups excluding carboxylic acids is 2. The largest absolute Gasteiger partial charge is 0.326 e. The van der Waals surface area contributed by atoms with E-state index in [1.807, 2.05) is 79.7 Å². The van der Waals surface area contributed by atoms with Gasteiger partial charge >= 0.3 is 0 Å². The highest BCUT2D eigenvalue weighted by molar-refractivity contribution is 8.15. The van der Waals surface area contributed by atoms with E-state index in [2.05, 4.69) is 5.32 Å². The standard InChI is InChI=1S/C23H21N3O2S/c1-2-26-22(28)20(15-21(27)24-17-11-4-3-5-12-17)29-23(26)25-19-14-8-10-16-9-6-7-13-18(16)19/h3-14,20H,2,15H2,1H3,(H,24,27). The zero-order chi connectivity index (χ0) is 20.2. The number of nitrogens with zero attached hydrogens (tertiary/aromatic N) is 2. The molecule has 1 saturated heterocycles. The van der Waals surface area contributed by atoms with Gasteiger partial charge < -0.3 is 5.32 Å². The predicted octanol–water partition coefficient (Wildman–Crippen LogP) is 4.82. The molecule has 0 spiro atoms. The van der Waals surface area contributed by atoms with Gasteiger partial charge in [0.2, 0.25) is 11.8 Å². The van der Waals surface area contributed by atoms with E-state index >= 15 is 0 Å². The first-order valence-electron chi connectivity index (χ1n) is 9.55. The van der Waals surface area contributed by atoms with Gasteiger partial charge in [0, 0.05) is 24.0 Å².